The van der Waals surface area contributed by atoms with E-state index in [9.17, 15) is 14.4 Å². The van der Waals surface area contributed by atoms with Crippen LogP contribution in [0.25, 0.3) is 0 Å². The summed E-state index contributed by atoms with van der Waals surface area (Å²) in [5.74, 6) is -0.359. The fourth-order valence-corrected chi connectivity index (χ4v) is 2.82. The number of benzene rings is 1. The number of unbranched alkanes of at least 4 members (excludes halogenated alkanes) is 5. The van der Waals surface area contributed by atoms with Crippen LogP contribution < -0.4 is 0 Å². The molecule has 0 radical (unpaired) electrons. The maximum absolute atomic E-state index is 12.1. The van der Waals surface area contributed by atoms with Crippen molar-refractivity contribution in [2.45, 2.75) is 44.9 Å². The van der Waals surface area contributed by atoms with Gasteiger partial charge in [-0.1, -0.05) is 37.8 Å². The summed E-state index contributed by atoms with van der Waals surface area (Å²) in [6.45, 7) is 0.479. The zero-order valence-corrected chi connectivity index (χ0v) is 13.3. The lowest BCUT2D eigenvalue weighted by atomic mass is 10.1. The SMILES string of the molecule is O=C(Cl)CCCCCCCCN1C(=O)c2ccccc2C1=O. The third kappa shape index (κ3) is 4.17. The van der Waals surface area contributed by atoms with E-state index in [0.717, 1.165) is 38.5 Å². The van der Waals surface area contributed by atoms with Crippen molar-refractivity contribution in [1.29, 1.82) is 0 Å². The average molecular weight is 322 g/mol. The first kappa shape index (κ1) is 16.7. The van der Waals surface area contributed by atoms with E-state index in [2.05, 4.69) is 0 Å². The lowest BCUT2D eigenvalue weighted by molar-refractivity contribution is -0.111. The number of hydrogen-bond donors (Lipinski definition) is 0. The Labute approximate surface area is 135 Å². The molecule has 0 unspecified atom stereocenters. The molecule has 5 heteroatoms. The molecule has 22 heavy (non-hydrogen) atoms. The predicted molar refractivity (Wildman–Crippen MR) is 85.0 cm³/mol. The first-order valence-electron chi connectivity index (χ1n) is 7.75. The number of carbonyl (C=O) groups excluding carboxylic acids is 3. The van der Waals surface area contributed by atoms with Gasteiger partial charge in [-0.05, 0) is 36.6 Å². The van der Waals surface area contributed by atoms with Crippen molar-refractivity contribution in [2.75, 3.05) is 6.54 Å². The molecule has 1 aromatic carbocycles. The van der Waals surface area contributed by atoms with Crippen molar-refractivity contribution in [3.05, 3.63) is 35.4 Å². The molecule has 4 nitrogen and oxygen atoms in total. The van der Waals surface area contributed by atoms with Gasteiger partial charge in [0, 0.05) is 13.0 Å². The molecule has 0 fully saturated rings. The maximum atomic E-state index is 12.1. The number of nitrogens with zero attached hydrogens (tertiary/aromatic N) is 1. The van der Waals surface area contributed by atoms with Gasteiger partial charge in [0.1, 0.15) is 0 Å². The third-order valence-electron chi connectivity index (χ3n) is 3.88. The summed E-state index contributed by atoms with van der Waals surface area (Å²) in [4.78, 5) is 36.2. The van der Waals surface area contributed by atoms with Crippen molar-refractivity contribution < 1.29 is 14.4 Å². The van der Waals surface area contributed by atoms with Crippen LogP contribution in [0.3, 0.4) is 0 Å². The van der Waals surface area contributed by atoms with Crippen molar-refractivity contribution in [1.82, 2.24) is 4.90 Å². The molecular weight excluding hydrogens is 302 g/mol. The second-order valence-electron chi connectivity index (χ2n) is 5.53. The Balaban J connectivity index is 1.65. The van der Waals surface area contributed by atoms with Crippen LogP contribution in [0.5, 0.6) is 0 Å². The van der Waals surface area contributed by atoms with Crippen molar-refractivity contribution >= 4 is 28.7 Å². The second kappa shape index (κ2) is 8.08. The topological polar surface area (TPSA) is 54.5 Å². The molecule has 2 rings (SSSR count). The van der Waals surface area contributed by atoms with Crippen LogP contribution in [-0.4, -0.2) is 28.5 Å². The van der Waals surface area contributed by atoms with Crippen LogP contribution in [0.1, 0.15) is 65.7 Å². The fourth-order valence-electron chi connectivity index (χ4n) is 2.68. The van der Waals surface area contributed by atoms with E-state index in [1.54, 1.807) is 24.3 Å². The lowest BCUT2D eigenvalue weighted by Crippen LogP contribution is -2.30. The van der Waals surface area contributed by atoms with Gasteiger partial charge in [-0.2, -0.15) is 0 Å². The molecular formula is C17H20ClNO3. The Bertz CT molecular complexity index is 536. The van der Waals surface area contributed by atoms with Crippen molar-refractivity contribution in [2.24, 2.45) is 0 Å². The van der Waals surface area contributed by atoms with E-state index in [4.69, 9.17) is 11.6 Å². The highest BCUT2D eigenvalue weighted by atomic mass is 35.5. The molecule has 0 bridgehead atoms. The Morgan fingerprint density at radius 2 is 1.36 bits per heavy atom. The molecule has 1 aromatic rings. The van der Waals surface area contributed by atoms with Crippen LogP contribution in [0.2, 0.25) is 0 Å². The van der Waals surface area contributed by atoms with Crippen LogP contribution in [0.15, 0.2) is 24.3 Å². The average Bonchev–Trinajstić information content (AvgIpc) is 2.74. The summed E-state index contributed by atoms with van der Waals surface area (Å²) in [7, 11) is 0. The first-order valence-corrected chi connectivity index (χ1v) is 8.12. The summed E-state index contributed by atoms with van der Waals surface area (Å²) in [5, 5.41) is -0.273. The smallest absolute Gasteiger partial charge is 0.261 e. The summed E-state index contributed by atoms with van der Waals surface area (Å²) >= 11 is 5.27. The Kier molecular flexibility index (Phi) is 6.13. The second-order valence-corrected chi connectivity index (χ2v) is 5.96. The lowest BCUT2D eigenvalue weighted by Gasteiger charge is -2.13. The van der Waals surface area contributed by atoms with Crippen LogP contribution in [-0.2, 0) is 4.79 Å². The Hall–Kier alpha value is -1.68. The summed E-state index contributed by atoms with van der Waals surface area (Å²) < 4.78 is 0. The van der Waals surface area contributed by atoms with Gasteiger partial charge in [-0.15, -0.1) is 0 Å². The Morgan fingerprint density at radius 3 is 1.91 bits per heavy atom. The van der Waals surface area contributed by atoms with Gasteiger partial charge in [0.05, 0.1) is 11.1 Å². The molecule has 0 atom stereocenters. The van der Waals surface area contributed by atoms with E-state index in [1.807, 2.05) is 0 Å². The molecule has 0 N–H and O–H groups in total. The molecule has 1 aliphatic rings. The van der Waals surface area contributed by atoms with Crippen LogP contribution in [0, 0.1) is 0 Å². The standard InChI is InChI=1S/C17H20ClNO3/c18-15(20)11-5-3-1-2-4-8-12-19-16(21)13-9-6-7-10-14(13)17(19)22/h6-7,9-10H,1-5,8,11-12H2. The zero-order chi connectivity index (χ0) is 15.9. The minimum atomic E-state index is -0.273. The molecule has 118 valence electrons. The minimum Gasteiger partial charge on any atom is -0.281 e. The summed E-state index contributed by atoms with van der Waals surface area (Å²) in [6, 6.07) is 6.96. The summed E-state index contributed by atoms with van der Waals surface area (Å²) in [5.41, 5.74) is 1.02. The van der Waals surface area contributed by atoms with Gasteiger partial charge in [0.25, 0.3) is 11.8 Å². The molecule has 1 heterocycles. The molecule has 0 aromatic heterocycles. The number of halogens is 1. The molecule has 0 saturated carbocycles. The number of hydrogen-bond acceptors (Lipinski definition) is 3. The number of fused-ring (bicyclic) bond motifs is 1. The van der Waals surface area contributed by atoms with E-state index in [1.165, 1.54) is 4.90 Å². The van der Waals surface area contributed by atoms with Gasteiger partial charge in [-0.3, -0.25) is 19.3 Å². The zero-order valence-electron chi connectivity index (χ0n) is 12.5. The van der Waals surface area contributed by atoms with Gasteiger partial charge in [-0.25, -0.2) is 0 Å². The van der Waals surface area contributed by atoms with Gasteiger partial charge in [0.15, 0.2) is 0 Å². The van der Waals surface area contributed by atoms with Crippen LogP contribution in [0.4, 0.5) is 0 Å². The Morgan fingerprint density at radius 1 is 0.864 bits per heavy atom. The van der Waals surface area contributed by atoms with E-state index >= 15 is 0 Å². The normalized spacial score (nSPS) is 13.6. The summed E-state index contributed by atoms with van der Waals surface area (Å²) in [6.07, 6.45) is 6.15. The van der Waals surface area contributed by atoms with Crippen molar-refractivity contribution in [3.63, 3.8) is 0 Å². The number of carbonyl (C=O) groups is 3. The number of amides is 2. The van der Waals surface area contributed by atoms with Crippen LogP contribution >= 0.6 is 11.6 Å². The highest BCUT2D eigenvalue weighted by Crippen LogP contribution is 2.22. The minimum absolute atomic E-state index is 0.179. The van der Waals surface area contributed by atoms with E-state index in [-0.39, 0.29) is 17.1 Å². The number of imide groups is 1. The van der Waals surface area contributed by atoms with E-state index in [0.29, 0.717) is 24.1 Å². The fraction of sp³-hybridized carbons (Fsp3) is 0.471. The van der Waals surface area contributed by atoms with Gasteiger partial charge >= 0.3 is 0 Å². The van der Waals surface area contributed by atoms with Gasteiger partial charge in [0.2, 0.25) is 5.24 Å². The maximum Gasteiger partial charge on any atom is 0.261 e. The quantitative estimate of drug-likeness (QED) is 0.395. The first-order chi connectivity index (χ1) is 10.6. The highest BCUT2D eigenvalue weighted by molar-refractivity contribution is 6.63. The largest absolute Gasteiger partial charge is 0.281 e. The highest BCUT2D eigenvalue weighted by Gasteiger charge is 2.34. The monoisotopic (exact) mass is 321 g/mol. The predicted octanol–water partition coefficient (Wildman–Crippen LogP) is 3.78. The molecule has 0 aliphatic carbocycles. The molecule has 0 spiro atoms. The van der Waals surface area contributed by atoms with E-state index < -0.39 is 0 Å². The molecule has 2 amide bonds. The molecule has 0 saturated heterocycles. The molecule has 1 aliphatic heterocycles. The van der Waals surface area contributed by atoms with Gasteiger partial charge < -0.3 is 0 Å². The number of rotatable bonds is 9. The third-order valence-corrected chi connectivity index (χ3v) is 4.07. The van der Waals surface area contributed by atoms with Crippen molar-refractivity contribution in [3.8, 4) is 0 Å².